The highest BCUT2D eigenvalue weighted by Crippen LogP contribution is 2.17. The van der Waals surface area contributed by atoms with Crippen molar-refractivity contribution in [2.75, 3.05) is 0 Å². The second-order valence-electron chi connectivity index (χ2n) is 4.56. The van der Waals surface area contributed by atoms with Gasteiger partial charge in [0.05, 0.1) is 10.6 Å². The molecule has 0 fully saturated rings. The molecule has 0 spiro atoms. The molecule has 0 atom stereocenters. The van der Waals surface area contributed by atoms with Crippen molar-refractivity contribution in [3.05, 3.63) is 55.6 Å². The highest BCUT2D eigenvalue weighted by molar-refractivity contribution is 7.07. The zero-order valence-corrected chi connectivity index (χ0v) is 12.3. The smallest absolute Gasteiger partial charge is 0.269 e. The predicted octanol–water partition coefficient (Wildman–Crippen LogP) is 1.54. The zero-order valence-electron chi connectivity index (χ0n) is 11.5. The van der Waals surface area contributed by atoms with E-state index in [1.54, 1.807) is 4.57 Å². The van der Waals surface area contributed by atoms with Gasteiger partial charge in [0.15, 0.2) is 0 Å². The van der Waals surface area contributed by atoms with Gasteiger partial charge in [-0.2, -0.15) is 5.26 Å². The molecule has 1 N–H and O–H groups in total. The van der Waals surface area contributed by atoms with Gasteiger partial charge in [0.25, 0.3) is 5.56 Å². The molecule has 0 radical (unpaired) electrons. The lowest BCUT2D eigenvalue weighted by Gasteiger charge is -1.91. The standard InChI is InChI=1S/C16H13N3OS/c1-2-19-15(7-8-17)21-14(16(19)20)9-11-10-18-13-6-4-3-5-12(11)13/h3-7,9-10,18H,2H2,1H3. The Bertz CT molecular complexity index is 1010. The fraction of sp³-hybridized carbons (Fsp3) is 0.125. The molecule has 0 aliphatic carbocycles. The van der Waals surface area contributed by atoms with Crippen molar-refractivity contribution >= 4 is 34.4 Å². The van der Waals surface area contributed by atoms with Gasteiger partial charge in [-0.25, -0.2) is 0 Å². The highest BCUT2D eigenvalue weighted by atomic mass is 32.1. The molecule has 0 saturated carbocycles. The third-order valence-corrected chi connectivity index (χ3v) is 4.41. The minimum absolute atomic E-state index is 0.0470. The van der Waals surface area contributed by atoms with E-state index >= 15 is 0 Å². The van der Waals surface area contributed by atoms with Crippen LogP contribution in [0.2, 0.25) is 0 Å². The number of nitrogens with one attached hydrogen (secondary N) is 1. The van der Waals surface area contributed by atoms with Gasteiger partial charge in [0.2, 0.25) is 0 Å². The highest BCUT2D eigenvalue weighted by Gasteiger charge is 2.04. The van der Waals surface area contributed by atoms with Crippen molar-refractivity contribution in [3.63, 3.8) is 0 Å². The number of rotatable bonds is 2. The average molecular weight is 295 g/mol. The van der Waals surface area contributed by atoms with Gasteiger partial charge in [-0.05, 0) is 19.1 Å². The number of aromatic amines is 1. The van der Waals surface area contributed by atoms with E-state index in [1.807, 2.05) is 49.5 Å². The van der Waals surface area contributed by atoms with E-state index in [9.17, 15) is 4.79 Å². The summed E-state index contributed by atoms with van der Waals surface area (Å²) in [5.74, 6) is 0. The van der Waals surface area contributed by atoms with Gasteiger partial charge in [0, 0.05) is 35.3 Å². The van der Waals surface area contributed by atoms with Gasteiger partial charge in [0.1, 0.15) is 4.66 Å². The Balaban J connectivity index is 2.28. The Morgan fingerprint density at radius 3 is 3.00 bits per heavy atom. The first kappa shape index (κ1) is 13.4. The molecule has 2 heterocycles. The summed E-state index contributed by atoms with van der Waals surface area (Å²) in [4.78, 5) is 15.6. The number of hydrogen-bond donors (Lipinski definition) is 1. The predicted molar refractivity (Wildman–Crippen MR) is 85.4 cm³/mol. The maximum Gasteiger partial charge on any atom is 0.269 e. The first-order chi connectivity index (χ1) is 10.2. The molecule has 5 heteroatoms. The fourth-order valence-electron chi connectivity index (χ4n) is 2.35. The lowest BCUT2D eigenvalue weighted by molar-refractivity contribution is 0.723. The molecule has 0 bridgehead atoms. The Hall–Kier alpha value is -2.58. The second-order valence-corrected chi connectivity index (χ2v) is 5.62. The zero-order chi connectivity index (χ0) is 14.8. The van der Waals surface area contributed by atoms with Crippen LogP contribution < -0.4 is 14.8 Å². The van der Waals surface area contributed by atoms with Crippen LogP contribution in [0.3, 0.4) is 0 Å². The van der Waals surface area contributed by atoms with E-state index in [4.69, 9.17) is 5.26 Å². The number of aromatic nitrogens is 2. The molecule has 3 aromatic rings. The van der Waals surface area contributed by atoms with Crippen molar-refractivity contribution in [2.45, 2.75) is 13.5 Å². The van der Waals surface area contributed by atoms with E-state index in [1.165, 1.54) is 17.4 Å². The van der Waals surface area contributed by atoms with E-state index in [2.05, 4.69) is 4.98 Å². The summed E-state index contributed by atoms with van der Waals surface area (Å²) in [5, 5.41) is 9.89. The second kappa shape index (κ2) is 5.43. The van der Waals surface area contributed by atoms with Crippen LogP contribution in [-0.2, 0) is 6.54 Å². The summed E-state index contributed by atoms with van der Waals surface area (Å²) in [6, 6.07) is 9.96. The van der Waals surface area contributed by atoms with Crippen molar-refractivity contribution in [1.29, 1.82) is 5.26 Å². The maximum absolute atomic E-state index is 12.4. The van der Waals surface area contributed by atoms with Crippen LogP contribution in [0.5, 0.6) is 0 Å². The summed E-state index contributed by atoms with van der Waals surface area (Å²) in [6.07, 6.45) is 5.20. The lowest BCUT2D eigenvalue weighted by atomic mass is 10.2. The molecule has 0 aliphatic heterocycles. The number of benzene rings is 1. The molecule has 1 aromatic carbocycles. The quantitative estimate of drug-likeness (QED) is 0.779. The number of H-pyrrole nitrogens is 1. The monoisotopic (exact) mass is 295 g/mol. The van der Waals surface area contributed by atoms with E-state index in [-0.39, 0.29) is 5.56 Å². The molecule has 21 heavy (non-hydrogen) atoms. The topological polar surface area (TPSA) is 61.6 Å². The Kier molecular flexibility index (Phi) is 3.46. The van der Waals surface area contributed by atoms with Crippen LogP contribution in [0.25, 0.3) is 23.1 Å². The van der Waals surface area contributed by atoms with Gasteiger partial charge < -0.3 is 4.98 Å². The van der Waals surface area contributed by atoms with Crippen LogP contribution in [0.15, 0.2) is 35.3 Å². The summed E-state index contributed by atoms with van der Waals surface area (Å²) < 4.78 is 2.95. The third kappa shape index (κ3) is 2.30. The fourth-order valence-corrected chi connectivity index (χ4v) is 3.39. The molecule has 0 aliphatic rings. The van der Waals surface area contributed by atoms with Crippen molar-refractivity contribution in [3.8, 4) is 6.07 Å². The summed E-state index contributed by atoms with van der Waals surface area (Å²) in [5.41, 5.74) is 1.98. The van der Waals surface area contributed by atoms with E-state index in [0.29, 0.717) is 15.7 Å². The van der Waals surface area contributed by atoms with Crippen molar-refractivity contribution in [2.24, 2.45) is 0 Å². The van der Waals surface area contributed by atoms with E-state index in [0.717, 1.165) is 16.5 Å². The minimum atomic E-state index is -0.0470. The summed E-state index contributed by atoms with van der Waals surface area (Å²) in [6.45, 7) is 2.46. The largest absolute Gasteiger partial charge is 0.361 e. The Labute approximate surface area is 124 Å². The number of para-hydroxylation sites is 1. The normalized spacial score (nSPS) is 13.0. The number of hydrogen-bond acceptors (Lipinski definition) is 3. The van der Waals surface area contributed by atoms with Crippen molar-refractivity contribution < 1.29 is 0 Å². The molecular formula is C16H13N3OS. The van der Waals surface area contributed by atoms with Gasteiger partial charge in [-0.3, -0.25) is 9.36 Å². The molecular weight excluding hydrogens is 282 g/mol. The van der Waals surface area contributed by atoms with Crippen LogP contribution in [-0.4, -0.2) is 9.55 Å². The van der Waals surface area contributed by atoms with Crippen LogP contribution in [0, 0.1) is 11.3 Å². The lowest BCUT2D eigenvalue weighted by Crippen LogP contribution is -2.30. The van der Waals surface area contributed by atoms with Gasteiger partial charge in [-0.15, -0.1) is 11.3 Å². The number of nitriles is 1. The molecule has 104 valence electrons. The van der Waals surface area contributed by atoms with Crippen molar-refractivity contribution in [1.82, 2.24) is 9.55 Å². The number of thiazole rings is 1. The third-order valence-electron chi connectivity index (χ3n) is 3.35. The Morgan fingerprint density at radius 2 is 2.24 bits per heavy atom. The number of fused-ring (bicyclic) bond motifs is 1. The molecule has 0 unspecified atom stereocenters. The van der Waals surface area contributed by atoms with Crippen LogP contribution >= 0.6 is 11.3 Å². The first-order valence-corrected chi connectivity index (χ1v) is 7.43. The summed E-state index contributed by atoms with van der Waals surface area (Å²) in [7, 11) is 0. The minimum Gasteiger partial charge on any atom is -0.361 e. The molecule has 3 rings (SSSR count). The average Bonchev–Trinajstić information content (AvgIpc) is 3.03. The first-order valence-electron chi connectivity index (χ1n) is 6.62. The molecule has 4 nitrogen and oxygen atoms in total. The van der Waals surface area contributed by atoms with Crippen LogP contribution in [0.1, 0.15) is 12.5 Å². The number of nitrogens with zero attached hydrogens (tertiary/aromatic N) is 2. The van der Waals surface area contributed by atoms with Gasteiger partial charge >= 0.3 is 0 Å². The van der Waals surface area contributed by atoms with Crippen LogP contribution in [0.4, 0.5) is 0 Å². The SMILES string of the molecule is CCn1c(=CC#N)sc(=Cc2c[nH]c3ccccc23)c1=O. The van der Waals surface area contributed by atoms with Gasteiger partial charge in [-0.1, -0.05) is 18.2 Å². The Morgan fingerprint density at radius 1 is 1.43 bits per heavy atom. The molecule has 2 aromatic heterocycles. The molecule has 0 saturated heterocycles. The summed E-state index contributed by atoms with van der Waals surface area (Å²) >= 11 is 1.35. The van der Waals surface area contributed by atoms with E-state index < -0.39 is 0 Å². The molecule has 0 amide bonds. The maximum atomic E-state index is 12.4.